The number of halogens is 1. The topological polar surface area (TPSA) is 44.1 Å². The number of hydrogen-bond donors (Lipinski definition) is 0. The van der Waals surface area contributed by atoms with E-state index in [1.54, 1.807) is 6.20 Å². The molecule has 25 heavy (non-hydrogen) atoms. The molecule has 5 nitrogen and oxygen atoms in total. The Balaban J connectivity index is 1.59. The molecule has 1 fully saturated rings. The van der Waals surface area contributed by atoms with Crippen molar-refractivity contribution in [3.8, 4) is 0 Å². The molecule has 0 spiro atoms. The van der Waals surface area contributed by atoms with E-state index in [1.807, 2.05) is 37.3 Å². The summed E-state index contributed by atoms with van der Waals surface area (Å²) in [7, 11) is 0. The summed E-state index contributed by atoms with van der Waals surface area (Å²) in [6.07, 6.45) is 1.74. The second-order valence-electron chi connectivity index (χ2n) is 5.73. The van der Waals surface area contributed by atoms with Crippen LogP contribution < -0.4 is 4.90 Å². The Hall–Kier alpha value is -2.24. The first-order valence-corrected chi connectivity index (χ1v) is 8.95. The third kappa shape index (κ3) is 4.65. The van der Waals surface area contributed by atoms with Gasteiger partial charge in [0.2, 0.25) is 0 Å². The molecule has 1 saturated heterocycles. The fourth-order valence-electron chi connectivity index (χ4n) is 2.62. The van der Waals surface area contributed by atoms with Gasteiger partial charge in [0.25, 0.3) is 0 Å². The van der Waals surface area contributed by atoms with Gasteiger partial charge in [-0.2, -0.15) is 0 Å². The average Bonchev–Trinajstić information content (AvgIpc) is 2.67. The minimum absolute atomic E-state index is 0.207. The van der Waals surface area contributed by atoms with Gasteiger partial charge in [0.15, 0.2) is 0 Å². The molecule has 0 amide bonds. The van der Waals surface area contributed by atoms with Crippen LogP contribution in [-0.4, -0.2) is 62.5 Å². The van der Waals surface area contributed by atoms with E-state index >= 15 is 0 Å². The molecule has 1 aromatic heterocycles. The quantitative estimate of drug-likeness (QED) is 0.342. The van der Waals surface area contributed by atoms with Gasteiger partial charge in [-0.15, -0.1) is 0 Å². The summed E-state index contributed by atoms with van der Waals surface area (Å²) in [6.45, 7) is 5.28. The van der Waals surface area contributed by atoms with E-state index < -0.39 is 0 Å². The van der Waals surface area contributed by atoms with Gasteiger partial charge in [-0.05, 0) is 0 Å². The van der Waals surface area contributed by atoms with E-state index in [0.29, 0.717) is 0 Å². The zero-order chi connectivity index (χ0) is 17.6. The molecule has 1 radical (unpaired) electrons. The van der Waals surface area contributed by atoms with Crippen molar-refractivity contribution < 1.29 is 4.39 Å². The Morgan fingerprint density at radius 2 is 1.76 bits per heavy atom. The van der Waals surface area contributed by atoms with Crippen LogP contribution in [0.2, 0.25) is 0 Å². The molecule has 3 rings (SSSR count). The van der Waals surface area contributed by atoms with Crippen molar-refractivity contribution in [2.45, 2.75) is 6.92 Å². The average molecular weight is 403 g/mol. The van der Waals surface area contributed by atoms with Gasteiger partial charge >= 0.3 is 155 Å². The van der Waals surface area contributed by atoms with Gasteiger partial charge in [0, 0.05) is 0 Å². The summed E-state index contributed by atoms with van der Waals surface area (Å²) in [5.41, 5.74) is 2.64. The Morgan fingerprint density at radius 1 is 1.04 bits per heavy atom. The van der Waals surface area contributed by atoms with Crippen molar-refractivity contribution in [3.05, 3.63) is 60.2 Å². The number of piperazine rings is 1. The van der Waals surface area contributed by atoms with Crippen molar-refractivity contribution >= 4 is 32.1 Å². The van der Waals surface area contributed by atoms with Crippen molar-refractivity contribution in [2.24, 2.45) is 10.2 Å². The van der Waals surface area contributed by atoms with Crippen LogP contribution in [0.1, 0.15) is 12.6 Å². The molecular weight excluding hydrogens is 384 g/mol. The molecular formula is C18H19FN5Se. The van der Waals surface area contributed by atoms with Crippen LogP contribution in [0.5, 0.6) is 0 Å². The normalized spacial score (nSPS) is 16.2. The number of nitrogens with zero attached hydrogens (tertiary/aromatic N) is 5. The standard InChI is InChI=1S/C18H19FN5Se/c1-14(17-4-2-3-9-20-17)21-22-18(25)24-12-10-23(11-13-24)16-7-5-15(19)6-8-16/h2-9H,10-13H2,1H3/b21-14+,22-18-. The van der Waals surface area contributed by atoms with E-state index in [4.69, 9.17) is 0 Å². The van der Waals surface area contributed by atoms with Crippen LogP contribution in [0, 0.1) is 5.82 Å². The number of hydrogen-bond acceptors (Lipinski definition) is 4. The molecule has 2 heterocycles. The molecule has 0 N–H and O–H groups in total. The summed E-state index contributed by atoms with van der Waals surface area (Å²) in [4.78, 5) is 8.67. The third-order valence-electron chi connectivity index (χ3n) is 4.06. The van der Waals surface area contributed by atoms with Crippen LogP contribution in [0.15, 0.2) is 58.9 Å². The van der Waals surface area contributed by atoms with Crippen LogP contribution in [0.4, 0.5) is 10.1 Å². The van der Waals surface area contributed by atoms with Crippen LogP contribution in [-0.2, 0) is 0 Å². The van der Waals surface area contributed by atoms with E-state index in [1.165, 1.54) is 12.1 Å². The van der Waals surface area contributed by atoms with Crippen molar-refractivity contribution in [3.63, 3.8) is 0 Å². The van der Waals surface area contributed by atoms with Gasteiger partial charge < -0.3 is 0 Å². The number of amidine groups is 1. The fourth-order valence-corrected chi connectivity index (χ4v) is 3.09. The first-order valence-electron chi connectivity index (χ1n) is 8.09. The van der Waals surface area contributed by atoms with E-state index in [-0.39, 0.29) is 5.82 Å². The number of pyridine rings is 1. The number of aromatic nitrogens is 1. The molecule has 1 aliphatic heterocycles. The maximum absolute atomic E-state index is 13.0. The zero-order valence-electron chi connectivity index (χ0n) is 14.0. The third-order valence-corrected chi connectivity index (χ3v) is 4.78. The molecule has 0 aliphatic carbocycles. The summed E-state index contributed by atoms with van der Waals surface area (Å²) in [5.74, 6) is -0.207. The monoisotopic (exact) mass is 404 g/mol. The molecule has 0 unspecified atom stereocenters. The Labute approximate surface area is 155 Å². The Bertz CT molecular complexity index is 753. The summed E-state index contributed by atoms with van der Waals surface area (Å²) < 4.78 is 13.8. The molecule has 0 saturated carbocycles. The SMILES string of the molecule is C/C(=N\N=C(/[Se])N1CCN(c2ccc(F)cc2)CC1)c1ccccn1. The van der Waals surface area contributed by atoms with E-state index in [0.717, 1.165) is 48.0 Å². The van der Waals surface area contributed by atoms with Gasteiger partial charge in [-0.1, -0.05) is 0 Å². The van der Waals surface area contributed by atoms with Crippen molar-refractivity contribution in [1.29, 1.82) is 0 Å². The van der Waals surface area contributed by atoms with Gasteiger partial charge in [-0.3, -0.25) is 0 Å². The zero-order valence-corrected chi connectivity index (χ0v) is 15.7. The second kappa shape index (κ2) is 8.23. The van der Waals surface area contributed by atoms with Crippen LogP contribution in [0.25, 0.3) is 0 Å². The van der Waals surface area contributed by atoms with E-state index in [2.05, 4.69) is 41.0 Å². The minimum atomic E-state index is -0.207. The maximum atomic E-state index is 13.0. The summed E-state index contributed by atoms with van der Waals surface area (Å²) >= 11 is 3.00. The Morgan fingerprint density at radius 3 is 2.40 bits per heavy atom. The number of rotatable bonds is 3. The molecule has 1 aliphatic rings. The first-order chi connectivity index (χ1) is 12.1. The molecule has 7 heteroatoms. The van der Waals surface area contributed by atoms with Gasteiger partial charge in [-0.25, -0.2) is 0 Å². The fraction of sp³-hybridized carbons (Fsp3) is 0.278. The van der Waals surface area contributed by atoms with Crippen LogP contribution >= 0.6 is 0 Å². The van der Waals surface area contributed by atoms with Gasteiger partial charge in [0.1, 0.15) is 0 Å². The molecule has 1 aromatic carbocycles. The van der Waals surface area contributed by atoms with Crippen molar-refractivity contribution in [1.82, 2.24) is 9.88 Å². The van der Waals surface area contributed by atoms with Crippen molar-refractivity contribution in [2.75, 3.05) is 31.1 Å². The predicted molar refractivity (Wildman–Crippen MR) is 99.8 cm³/mol. The first kappa shape index (κ1) is 17.6. The molecule has 129 valence electrons. The second-order valence-corrected chi connectivity index (χ2v) is 6.50. The Kier molecular flexibility index (Phi) is 5.79. The molecule has 2 aromatic rings. The predicted octanol–water partition coefficient (Wildman–Crippen LogP) is 2.29. The molecule has 0 atom stereocenters. The number of anilines is 1. The summed E-state index contributed by atoms with van der Waals surface area (Å²) in [6, 6.07) is 12.3. The molecule has 0 bridgehead atoms. The number of benzene rings is 1. The van der Waals surface area contributed by atoms with E-state index in [9.17, 15) is 4.39 Å². The summed E-state index contributed by atoms with van der Waals surface area (Å²) in [5, 5.41) is 8.57. The van der Waals surface area contributed by atoms with Crippen LogP contribution in [0.3, 0.4) is 0 Å². The van der Waals surface area contributed by atoms with Gasteiger partial charge in [0.05, 0.1) is 0 Å².